The molecule has 3 heteroatoms. The van der Waals surface area contributed by atoms with Gasteiger partial charge < -0.3 is 5.11 Å². The van der Waals surface area contributed by atoms with Crippen LogP contribution < -0.4 is 0 Å². The second-order valence-corrected chi connectivity index (χ2v) is 5.63. The molecule has 0 spiro atoms. The summed E-state index contributed by atoms with van der Waals surface area (Å²) in [6, 6.07) is 7.64. The van der Waals surface area contributed by atoms with Crippen LogP contribution in [-0.2, 0) is 11.2 Å². The normalized spacial score (nSPS) is 13.3. The number of hydrogen-bond acceptors (Lipinski definition) is 3. The van der Waals surface area contributed by atoms with Gasteiger partial charge in [-0.25, -0.2) is 0 Å². The monoisotopic (exact) mass is 263 g/mol. The molecular formula is C16H25NO2. The maximum absolute atomic E-state index is 12.0. The van der Waals surface area contributed by atoms with Crippen molar-refractivity contribution in [1.29, 1.82) is 0 Å². The van der Waals surface area contributed by atoms with Gasteiger partial charge in [0.25, 0.3) is 0 Å². The summed E-state index contributed by atoms with van der Waals surface area (Å²) in [5.41, 5.74) is 1.07. The van der Waals surface area contributed by atoms with E-state index >= 15 is 0 Å². The minimum Gasteiger partial charge on any atom is -0.508 e. The summed E-state index contributed by atoms with van der Waals surface area (Å²) in [7, 11) is 0. The molecule has 1 rings (SSSR count). The fraction of sp³-hybridized carbons (Fsp3) is 0.562. The zero-order valence-electron chi connectivity index (χ0n) is 12.6. The molecule has 0 saturated heterocycles. The second kappa shape index (κ2) is 6.71. The van der Waals surface area contributed by atoms with Crippen LogP contribution in [0.3, 0.4) is 0 Å². The Morgan fingerprint density at radius 1 is 1.11 bits per heavy atom. The van der Waals surface area contributed by atoms with E-state index in [4.69, 9.17) is 0 Å². The molecule has 1 unspecified atom stereocenters. The highest BCUT2D eigenvalue weighted by Crippen LogP contribution is 2.18. The summed E-state index contributed by atoms with van der Waals surface area (Å²) in [4.78, 5) is 14.2. The van der Waals surface area contributed by atoms with Gasteiger partial charge in [0, 0.05) is 12.1 Å². The van der Waals surface area contributed by atoms with Gasteiger partial charge in [-0.1, -0.05) is 12.1 Å². The minimum absolute atomic E-state index is 0.107. The van der Waals surface area contributed by atoms with Gasteiger partial charge in [0.05, 0.1) is 6.04 Å². The van der Waals surface area contributed by atoms with Gasteiger partial charge in [-0.15, -0.1) is 0 Å². The first-order chi connectivity index (χ1) is 8.82. The van der Waals surface area contributed by atoms with Crippen LogP contribution in [0.5, 0.6) is 5.75 Å². The molecule has 3 nitrogen and oxygen atoms in total. The molecule has 1 N–H and O–H groups in total. The first-order valence-electron chi connectivity index (χ1n) is 6.88. The van der Waals surface area contributed by atoms with Gasteiger partial charge in [-0.3, -0.25) is 9.69 Å². The van der Waals surface area contributed by atoms with Gasteiger partial charge >= 0.3 is 0 Å². The van der Waals surface area contributed by atoms with Crippen molar-refractivity contribution in [3.05, 3.63) is 29.8 Å². The summed E-state index contributed by atoms with van der Waals surface area (Å²) in [6.45, 7) is 10.1. The Bertz CT molecular complexity index is 401. The molecule has 0 fully saturated rings. The molecule has 1 aromatic carbocycles. The molecule has 106 valence electrons. The standard InChI is InChI=1S/C16H25NO2/c1-11(2)17(12(3)4)16(13(5)18)10-14-6-8-15(19)9-7-14/h6-9,11-12,16,19H,10H2,1-5H3. The molecule has 0 bridgehead atoms. The summed E-state index contributed by atoms with van der Waals surface area (Å²) < 4.78 is 0. The lowest BCUT2D eigenvalue weighted by Gasteiger charge is -2.37. The Morgan fingerprint density at radius 2 is 1.58 bits per heavy atom. The number of Topliss-reactive ketones (excluding diaryl/α,β-unsaturated/α-hetero) is 1. The molecule has 0 aliphatic carbocycles. The molecule has 1 atom stereocenters. The van der Waals surface area contributed by atoms with Crippen molar-refractivity contribution in [3.8, 4) is 5.75 Å². The van der Waals surface area contributed by atoms with Gasteiger partial charge in [0.2, 0.25) is 0 Å². The number of phenols is 1. The van der Waals surface area contributed by atoms with Crippen LogP contribution in [0.25, 0.3) is 0 Å². The van der Waals surface area contributed by atoms with Crippen LogP contribution in [-0.4, -0.2) is 33.9 Å². The lowest BCUT2D eigenvalue weighted by atomic mass is 9.98. The zero-order valence-corrected chi connectivity index (χ0v) is 12.6. The average Bonchev–Trinajstić information content (AvgIpc) is 2.29. The maximum Gasteiger partial charge on any atom is 0.147 e. The van der Waals surface area contributed by atoms with Gasteiger partial charge in [-0.05, 0) is 58.7 Å². The van der Waals surface area contributed by atoms with Gasteiger partial charge in [-0.2, -0.15) is 0 Å². The molecule has 1 aromatic rings. The highest BCUT2D eigenvalue weighted by atomic mass is 16.3. The van der Waals surface area contributed by atoms with E-state index in [-0.39, 0.29) is 17.6 Å². The maximum atomic E-state index is 12.0. The third-order valence-corrected chi connectivity index (χ3v) is 3.39. The van der Waals surface area contributed by atoms with E-state index in [0.717, 1.165) is 5.56 Å². The van der Waals surface area contributed by atoms with Crippen molar-refractivity contribution in [2.24, 2.45) is 0 Å². The zero-order chi connectivity index (χ0) is 14.6. The Kier molecular flexibility index (Phi) is 5.55. The summed E-state index contributed by atoms with van der Waals surface area (Å²) >= 11 is 0. The lowest BCUT2D eigenvalue weighted by Crippen LogP contribution is -2.49. The highest BCUT2D eigenvalue weighted by molar-refractivity contribution is 5.81. The molecule has 0 radical (unpaired) electrons. The molecule has 0 amide bonds. The number of nitrogens with zero attached hydrogens (tertiary/aromatic N) is 1. The minimum atomic E-state index is -0.107. The summed E-state index contributed by atoms with van der Waals surface area (Å²) in [5, 5.41) is 9.31. The van der Waals surface area contributed by atoms with Crippen LogP contribution in [0.15, 0.2) is 24.3 Å². The Morgan fingerprint density at radius 3 is 1.95 bits per heavy atom. The fourth-order valence-electron chi connectivity index (χ4n) is 2.63. The predicted molar refractivity (Wildman–Crippen MR) is 78.4 cm³/mol. The van der Waals surface area contributed by atoms with Gasteiger partial charge in [0.15, 0.2) is 0 Å². The second-order valence-electron chi connectivity index (χ2n) is 5.63. The molecule has 0 heterocycles. The van der Waals surface area contributed by atoms with Crippen molar-refractivity contribution >= 4 is 5.78 Å². The van der Waals surface area contributed by atoms with E-state index in [9.17, 15) is 9.90 Å². The molecule has 0 aliphatic heterocycles. The first-order valence-corrected chi connectivity index (χ1v) is 6.88. The quantitative estimate of drug-likeness (QED) is 0.857. The van der Waals surface area contributed by atoms with E-state index in [1.807, 2.05) is 12.1 Å². The van der Waals surface area contributed by atoms with E-state index in [1.165, 1.54) is 0 Å². The first kappa shape index (κ1) is 15.7. The number of aromatic hydroxyl groups is 1. The van der Waals surface area contributed by atoms with Gasteiger partial charge in [0.1, 0.15) is 11.5 Å². The average molecular weight is 263 g/mol. The van der Waals surface area contributed by atoms with E-state index in [2.05, 4.69) is 32.6 Å². The van der Waals surface area contributed by atoms with Crippen LogP contribution in [0, 0.1) is 0 Å². The van der Waals surface area contributed by atoms with Crippen molar-refractivity contribution in [2.75, 3.05) is 0 Å². The third kappa shape index (κ3) is 4.35. The lowest BCUT2D eigenvalue weighted by molar-refractivity contribution is -0.123. The van der Waals surface area contributed by atoms with Crippen molar-refractivity contribution < 1.29 is 9.90 Å². The molecular weight excluding hydrogens is 238 g/mol. The SMILES string of the molecule is CC(=O)C(Cc1ccc(O)cc1)N(C(C)C)C(C)C. The Balaban J connectivity index is 2.94. The van der Waals surface area contributed by atoms with Crippen LogP contribution in [0.1, 0.15) is 40.2 Å². The number of carbonyl (C=O) groups is 1. The summed E-state index contributed by atoms with van der Waals surface area (Å²) in [6.07, 6.45) is 0.686. The number of carbonyl (C=O) groups excluding carboxylic acids is 1. The van der Waals surface area contributed by atoms with Crippen molar-refractivity contribution in [1.82, 2.24) is 4.90 Å². The fourth-order valence-corrected chi connectivity index (χ4v) is 2.63. The van der Waals surface area contributed by atoms with E-state index in [0.29, 0.717) is 18.5 Å². The largest absolute Gasteiger partial charge is 0.508 e. The summed E-state index contributed by atoms with van der Waals surface area (Å²) in [5.74, 6) is 0.447. The van der Waals surface area contributed by atoms with Crippen LogP contribution in [0.4, 0.5) is 0 Å². The smallest absolute Gasteiger partial charge is 0.147 e. The third-order valence-electron chi connectivity index (χ3n) is 3.39. The molecule has 0 aromatic heterocycles. The molecule has 0 aliphatic rings. The van der Waals surface area contributed by atoms with Crippen LogP contribution >= 0.6 is 0 Å². The molecule has 0 saturated carbocycles. The van der Waals surface area contributed by atoms with Crippen molar-refractivity contribution in [2.45, 2.75) is 59.2 Å². The predicted octanol–water partition coefficient (Wildman–Crippen LogP) is 3.01. The number of benzene rings is 1. The van der Waals surface area contributed by atoms with Crippen LogP contribution in [0.2, 0.25) is 0 Å². The van der Waals surface area contributed by atoms with E-state index < -0.39 is 0 Å². The van der Waals surface area contributed by atoms with Crippen molar-refractivity contribution in [3.63, 3.8) is 0 Å². The molecule has 19 heavy (non-hydrogen) atoms. The number of rotatable bonds is 6. The number of hydrogen-bond donors (Lipinski definition) is 1. The number of ketones is 1. The Hall–Kier alpha value is -1.35. The Labute approximate surface area is 116 Å². The van der Waals surface area contributed by atoms with E-state index in [1.54, 1.807) is 19.1 Å². The number of phenolic OH excluding ortho intramolecular Hbond substituents is 1. The highest BCUT2D eigenvalue weighted by Gasteiger charge is 2.27. The topological polar surface area (TPSA) is 40.5 Å².